The van der Waals surface area contributed by atoms with Crippen LogP contribution in [0.25, 0.3) is 0 Å². The van der Waals surface area contributed by atoms with Crippen molar-refractivity contribution in [2.24, 2.45) is 10.2 Å². The second kappa shape index (κ2) is 5.97. The highest BCUT2D eigenvalue weighted by Crippen LogP contribution is 2.29. The van der Waals surface area contributed by atoms with Gasteiger partial charge in [-0.2, -0.15) is 5.11 Å². The molecule has 2 aromatic carbocycles. The average Bonchev–Trinajstić information content (AvgIpc) is 2.45. The first-order chi connectivity index (χ1) is 9.59. The first kappa shape index (κ1) is 13.7. The van der Waals surface area contributed by atoms with E-state index < -0.39 is 5.97 Å². The van der Waals surface area contributed by atoms with E-state index in [9.17, 15) is 9.90 Å². The molecule has 0 radical (unpaired) electrons. The van der Waals surface area contributed by atoms with E-state index in [2.05, 4.69) is 10.2 Å². The maximum absolute atomic E-state index is 11.4. The van der Waals surface area contributed by atoms with Gasteiger partial charge in [0.1, 0.15) is 11.3 Å². The lowest BCUT2D eigenvalue weighted by Gasteiger charge is -2.16. The number of hydrogen-bond donors (Lipinski definition) is 1. The minimum atomic E-state index is -1.02. The third-order valence-corrected chi connectivity index (χ3v) is 2.75. The third-order valence-electron chi connectivity index (χ3n) is 2.75. The van der Waals surface area contributed by atoms with Crippen LogP contribution in [0.4, 0.5) is 17.1 Å². The van der Waals surface area contributed by atoms with Gasteiger partial charge in [0.15, 0.2) is 0 Å². The third kappa shape index (κ3) is 3.00. The Morgan fingerprint density at radius 1 is 1.00 bits per heavy atom. The Labute approximate surface area is 117 Å². The van der Waals surface area contributed by atoms with Crippen LogP contribution >= 0.6 is 0 Å². The van der Waals surface area contributed by atoms with Crippen molar-refractivity contribution < 1.29 is 9.90 Å². The van der Waals surface area contributed by atoms with Gasteiger partial charge in [-0.15, -0.1) is 5.11 Å². The van der Waals surface area contributed by atoms with Crippen LogP contribution in [0.5, 0.6) is 0 Å². The minimum Gasteiger partial charge on any atom is -0.478 e. The molecule has 2 aromatic rings. The Balaban J connectivity index is 2.44. The number of aromatic carboxylic acids is 1. The predicted octanol–water partition coefficient (Wildman–Crippen LogP) is 3.87. The van der Waals surface area contributed by atoms with E-state index in [0.717, 1.165) is 0 Å². The van der Waals surface area contributed by atoms with E-state index in [0.29, 0.717) is 17.1 Å². The topological polar surface area (TPSA) is 65.3 Å². The Morgan fingerprint density at radius 2 is 1.70 bits per heavy atom. The van der Waals surface area contributed by atoms with Crippen LogP contribution in [0, 0.1) is 0 Å². The van der Waals surface area contributed by atoms with Gasteiger partial charge in [0, 0.05) is 14.1 Å². The monoisotopic (exact) mass is 269 g/mol. The molecule has 0 spiro atoms. The summed E-state index contributed by atoms with van der Waals surface area (Å²) < 4.78 is 0. The summed E-state index contributed by atoms with van der Waals surface area (Å²) in [6, 6.07) is 14.3. The second-order valence-corrected chi connectivity index (χ2v) is 4.41. The molecule has 0 saturated carbocycles. The molecule has 0 aliphatic rings. The van der Waals surface area contributed by atoms with E-state index in [1.165, 1.54) is 0 Å². The zero-order valence-electron chi connectivity index (χ0n) is 11.3. The number of benzene rings is 2. The van der Waals surface area contributed by atoms with E-state index in [-0.39, 0.29) is 5.56 Å². The van der Waals surface area contributed by atoms with Crippen LogP contribution in [0.15, 0.2) is 58.8 Å². The fourth-order valence-electron chi connectivity index (χ4n) is 1.81. The van der Waals surface area contributed by atoms with E-state index >= 15 is 0 Å². The molecule has 0 unspecified atom stereocenters. The largest absolute Gasteiger partial charge is 0.478 e. The molecule has 0 atom stereocenters. The van der Waals surface area contributed by atoms with E-state index in [4.69, 9.17) is 0 Å². The molecule has 0 bridgehead atoms. The van der Waals surface area contributed by atoms with E-state index in [1.54, 1.807) is 49.3 Å². The van der Waals surface area contributed by atoms with Gasteiger partial charge in [0.05, 0.1) is 11.4 Å². The van der Waals surface area contributed by atoms with Gasteiger partial charge >= 0.3 is 5.97 Å². The zero-order valence-corrected chi connectivity index (χ0v) is 11.3. The number of carboxylic acid groups (broad SMARTS) is 1. The van der Waals surface area contributed by atoms with Crippen molar-refractivity contribution in [2.45, 2.75) is 0 Å². The maximum Gasteiger partial charge on any atom is 0.340 e. The van der Waals surface area contributed by atoms with Crippen molar-refractivity contribution in [1.82, 2.24) is 0 Å². The first-order valence-electron chi connectivity index (χ1n) is 6.10. The summed E-state index contributed by atoms with van der Waals surface area (Å²) in [5, 5.41) is 17.5. The van der Waals surface area contributed by atoms with Crippen LogP contribution in [0.1, 0.15) is 10.4 Å². The number of azo groups is 1. The van der Waals surface area contributed by atoms with Gasteiger partial charge in [0.2, 0.25) is 0 Å². The molecule has 0 aliphatic heterocycles. The van der Waals surface area contributed by atoms with Crippen molar-refractivity contribution in [3.63, 3.8) is 0 Å². The molecular formula is C15H15N3O2. The summed E-state index contributed by atoms with van der Waals surface area (Å²) >= 11 is 0. The van der Waals surface area contributed by atoms with Crippen LogP contribution in [-0.2, 0) is 0 Å². The fourth-order valence-corrected chi connectivity index (χ4v) is 1.81. The van der Waals surface area contributed by atoms with Crippen molar-refractivity contribution in [3.8, 4) is 0 Å². The fraction of sp³-hybridized carbons (Fsp3) is 0.133. The number of rotatable bonds is 4. The Bertz CT molecular complexity index is 637. The highest BCUT2D eigenvalue weighted by Gasteiger charge is 2.16. The highest BCUT2D eigenvalue weighted by atomic mass is 16.4. The highest BCUT2D eigenvalue weighted by molar-refractivity contribution is 5.99. The zero-order chi connectivity index (χ0) is 14.5. The smallest absolute Gasteiger partial charge is 0.340 e. The van der Waals surface area contributed by atoms with Gasteiger partial charge in [-0.3, -0.25) is 0 Å². The summed E-state index contributed by atoms with van der Waals surface area (Å²) in [6.07, 6.45) is 0. The molecule has 0 heterocycles. The normalized spacial score (nSPS) is 10.7. The molecule has 102 valence electrons. The Hall–Kier alpha value is -2.69. The molecule has 5 heteroatoms. The molecular weight excluding hydrogens is 254 g/mol. The molecule has 1 N–H and O–H groups in total. The summed E-state index contributed by atoms with van der Waals surface area (Å²) in [5.41, 5.74) is 1.77. The Kier molecular flexibility index (Phi) is 4.10. The summed E-state index contributed by atoms with van der Waals surface area (Å²) in [4.78, 5) is 13.2. The van der Waals surface area contributed by atoms with Gasteiger partial charge in [0.25, 0.3) is 0 Å². The number of carbonyl (C=O) groups is 1. The molecule has 0 aliphatic carbocycles. The summed E-state index contributed by atoms with van der Waals surface area (Å²) in [7, 11) is 3.58. The van der Waals surface area contributed by atoms with Crippen molar-refractivity contribution in [1.29, 1.82) is 0 Å². The molecule has 0 saturated heterocycles. The SMILES string of the molecule is CN(C)c1cccc(N=Nc2ccccc2)c1C(=O)O. The molecule has 0 amide bonds. The lowest BCUT2D eigenvalue weighted by Crippen LogP contribution is -2.13. The quantitative estimate of drug-likeness (QED) is 0.857. The van der Waals surface area contributed by atoms with Gasteiger partial charge in [-0.25, -0.2) is 4.79 Å². The summed E-state index contributed by atoms with van der Waals surface area (Å²) in [5.74, 6) is -1.02. The Morgan fingerprint density at radius 3 is 2.30 bits per heavy atom. The lowest BCUT2D eigenvalue weighted by atomic mass is 10.1. The van der Waals surface area contributed by atoms with Gasteiger partial charge < -0.3 is 10.0 Å². The van der Waals surface area contributed by atoms with Crippen LogP contribution < -0.4 is 4.90 Å². The van der Waals surface area contributed by atoms with Crippen LogP contribution in [0.3, 0.4) is 0 Å². The minimum absolute atomic E-state index is 0.150. The molecule has 2 rings (SSSR count). The molecule has 5 nitrogen and oxygen atoms in total. The standard InChI is InChI=1S/C15H15N3O2/c1-18(2)13-10-6-9-12(14(13)15(19)20)17-16-11-7-4-3-5-8-11/h3-10H,1-2H3,(H,19,20). The molecule has 20 heavy (non-hydrogen) atoms. The number of carboxylic acids is 1. The molecule has 0 fully saturated rings. The predicted molar refractivity (Wildman–Crippen MR) is 78.3 cm³/mol. The van der Waals surface area contributed by atoms with Crippen molar-refractivity contribution in [2.75, 3.05) is 19.0 Å². The average molecular weight is 269 g/mol. The lowest BCUT2D eigenvalue weighted by molar-refractivity contribution is 0.0698. The maximum atomic E-state index is 11.4. The number of anilines is 1. The number of nitrogens with zero attached hydrogens (tertiary/aromatic N) is 3. The van der Waals surface area contributed by atoms with Crippen LogP contribution in [0.2, 0.25) is 0 Å². The summed E-state index contributed by atoms with van der Waals surface area (Å²) in [6.45, 7) is 0. The van der Waals surface area contributed by atoms with Crippen molar-refractivity contribution >= 4 is 23.0 Å². The van der Waals surface area contributed by atoms with E-state index in [1.807, 2.05) is 18.2 Å². The van der Waals surface area contributed by atoms with Gasteiger partial charge in [-0.05, 0) is 24.3 Å². The van der Waals surface area contributed by atoms with Crippen molar-refractivity contribution in [3.05, 3.63) is 54.1 Å². The number of hydrogen-bond acceptors (Lipinski definition) is 4. The molecule has 0 aromatic heterocycles. The second-order valence-electron chi connectivity index (χ2n) is 4.41. The van der Waals surface area contributed by atoms with Crippen LogP contribution in [-0.4, -0.2) is 25.2 Å². The first-order valence-corrected chi connectivity index (χ1v) is 6.10. The van der Waals surface area contributed by atoms with Gasteiger partial charge in [-0.1, -0.05) is 24.3 Å².